The van der Waals surface area contributed by atoms with Crippen LogP contribution in [0.25, 0.3) is 0 Å². The lowest BCUT2D eigenvalue weighted by Crippen LogP contribution is -2.34. The van der Waals surface area contributed by atoms with E-state index >= 15 is 0 Å². The third-order valence-corrected chi connectivity index (χ3v) is 3.88. The molecule has 106 valence electrons. The highest BCUT2D eigenvalue weighted by Gasteiger charge is 2.43. The summed E-state index contributed by atoms with van der Waals surface area (Å²) in [6, 6.07) is 8.42. The molecule has 1 heterocycles. The Bertz CT molecular complexity index is 543. The minimum absolute atomic E-state index is 0.164. The molecular formula is C16H21N3O. The zero-order valence-electron chi connectivity index (χ0n) is 12.0. The molecule has 3 rings (SSSR count). The zero-order valence-corrected chi connectivity index (χ0v) is 12.0. The average Bonchev–Trinajstić information content (AvgIpc) is 3.16. The Morgan fingerprint density at radius 3 is 2.50 bits per heavy atom. The van der Waals surface area contributed by atoms with Crippen molar-refractivity contribution in [2.75, 3.05) is 0 Å². The smallest absolute Gasteiger partial charge is 0.346 e. The molecule has 0 aromatic heterocycles. The Morgan fingerprint density at radius 1 is 1.30 bits per heavy atom. The molecule has 1 aromatic carbocycles. The minimum atomic E-state index is -0.179. The van der Waals surface area contributed by atoms with Crippen LogP contribution in [0.2, 0.25) is 0 Å². The van der Waals surface area contributed by atoms with E-state index in [-0.39, 0.29) is 12.1 Å². The molecule has 20 heavy (non-hydrogen) atoms. The van der Waals surface area contributed by atoms with Crippen LogP contribution in [0, 0.1) is 5.92 Å². The lowest BCUT2D eigenvalue weighted by atomic mass is 9.98. The van der Waals surface area contributed by atoms with Crippen LogP contribution in [0.1, 0.15) is 43.9 Å². The molecule has 4 nitrogen and oxygen atoms in total. The van der Waals surface area contributed by atoms with E-state index in [0.29, 0.717) is 17.8 Å². The van der Waals surface area contributed by atoms with Crippen LogP contribution < -0.4 is 5.73 Å². The fourth-order valence-electron chi connectivity index (χ4n) is 2.84. The second-order valence-corrected chi connectivity index (χ2v) is 6.20. The summed E-state index contributed by atoms with van der Waals surface area (Å²) in [4.78, 5) is 17.7. The van der Waals surface area contributed by atoms with Crippen molar-refractivity contribution in [2.24, 2.45) is 16.6 Å². The lowest BCUT2D eigenvalue weighted by Gasteiger charge is -2.24. The molecule has 1 aromatic rings. The topological polar surface area (TPSA) is 58.7 Å². The maximum absolute atomic E-state index is 11.9. The predicted molar refractivity (Wildman–Crippen MR) is 79.6 cm³/mol. The van der Waals surface area contributed by atoms with Crippen molar-refractivity contribution >= 4 is 11.9 Å². The van der Waals surface area contributed by atoms with Crippen molar-refractivity contribution < 1.29 is 4.79 Å². The molecule has 1 atom stereocenters. The number of carbonyl (C=O) groups is 1. The minimum Gasteiger partial charge on any atom is -0.385 e. The third-order valence-electron chi connectivity index (χ3n) is 3.88. The number of rotatable bonds is 4. The molecule has 1 saturated carbocycles. The van der Waals surface area contributed by atoms with Crippen molar-refractivity contribution in [3.8, 4) is 0 Å². The number of urea groups is 1. The number of nitrogens with zero attached hydrogens (tertiary/aromatic N) is 2. The predicted octanol–water partition coefficient (Wildman–Crippen LogP) is 2.88. The Balaban J connectivity index is 1.83. The largest absolute Gasteiger partial charge is 0.385 e. The van der Waals surface area contributed by atoms with Gasteiger partial charge in [0.25, 0.3) is 0 Å². The average molecular weight is 271 g/mol. The van der Waals surface area contributed by atoms with E-state index in [1.807, 2.05) is 4.90 Å². The van der Waals surface area contributed by atoms with Gasteiger partial charge in [0.2, 0.25) is 0 Å². The zero-order chi connectivity index (χ0) is 14.3. The van der Waals surface area contributed by atoms with Crippen LogP contribution in [-0.4, -0.2) is 22.8 Å². The number of hydrogen-bond acceptors (Lipinski definition) is 2. The van der Waals surface area contributed by atoms with E-state index < -0.39 is 0 Å². The van der Waals surface area contributed by atoms with E-state index in [2.05, 4.69) is 43.1 Å². The number of amides is 2. The molecule has 1 unspecified atom stereocenters. The molecule has 2 N–H and O–H groups in total. The number of nitrogens with two attached hydrogens (primary N) is 1. The van der Waals surface area contributed by atoms with Gasteiger partial charge in [-0.3, -0.25) is 0 Å². The van der Waals surface area contributed by atoms with Gasteiger partial charge in [0.15, 0.2) is 0 Å². The molecule has 0 radical (unpaired) electrons. The van der Waals surface area contributed by atoms with Crippen molar-refractivity contribution in [2.45, 2.75) is 45.2 Å². The Morgan fingerprint density at radius 2 is 1.95 bits per heavy atom. The quantitative estimate of drug-likeness (QED) is 0.915. The van der Waals surface area contributed by atoms with E-state index in [9.17, 15) is 4.79 Å². The highest BCUT2D eigenvalue weighted by Crippen LogP contribution is 2.38. The highest BCUT2D eigenvalue weighted by molar-refractivity contribution is 6.03. The first-order chi connectivity index (χ1) is 9.56. The molecule has 2 aliphatic rings. The van der Waals surface area contributed by atoms with Gasteiger partial charge in [0, 0.05) is 6.04 Å². The fourth-order valence-corrected chi connectivity index (χ4v) is 2.84. The van der Waals surface area contributed by atoms with Crippen LogP contribution in [0.15, 0.2) is 29.3 Å². The Kier molecular flexibility index (Phi) is 3.24. The van der Waals surface area contributed by atoms with Gasteiger partial charge in [-0.2, -0.15) is 4.99 Å². The molecule has 1 aliphatic carbocycles. The van der Waals surface area contributed by atoms with Gasteiger partial charge in [0.05, 0.1) is 0 Å². The van der Waals surface area contributed by atoms with Gasteiger partial charge in [-0.05, 0) is 36.3 Å². The van der Waals surface area contributed by atoms with E-state index in [1.165, 1.54) is 5.56 Å². The number of carbonyl (C=O) groups excluding carboxylic acids is 1. The maximum Gasteiger partial charge on any atom is 0.346 e. The van der Waals surface area contributed by atoms with Crippen molar-refractivity contribution in [3.05, 3.63) is 35.4 Å². The maximum atomic E-state index is 11.9. The van der Waals surface area contributed by atoms with Gasteiger partial charge >= 0.3 is 6.03 Å². The highest BCUT2D eigenvalue weighted by atomic mass is 16.2. The lowest BCUT2D eigenvalue weighted by molar-refractivity contribution is 0.203. The van der Waals surface area contributed by atoms with Crippen molar-refractivity contribution in [1.29, 1.82) is 0 Å². The van der Waals surface area contributed by atoms with Gasteiger partial charge < -0.3 is 10.6 Å². The van der Waals surface area contributed by atoms with Crippen LogP contribution in [-0.2, 0) is 6.42 Å². The molecule has 0 saturated heterocycles. The van der Waals surface area contributed by atoms with Crippen molar-refractivity contribution in [1.82, 2.24) is 4.90 Å². The summed E-state index contributed by atoms with van der Waals surface area (Å²) in [5.41, 5.74) is 8.35. The first-order valence-corrected chi connectivity index (χ1v) is 7.31. The summed E-state index contributed by atoms with van der Waals surface area (Å²) in [6.07, 6.45) is 3.20. The summed E-state index contributed by atoms with van der Waals surface area (Å²) < 4.78 is 0. The molecule has 2 amide bonds. The summed E-state index contributed by atoms with van der Waals surface area (Å²) >= 11 is 0. The number of hydrogen-bond donors (Lipinski definition) is 1. The van der Waals surface area contributed by atoms with Crippen LogP contribution in [0.5, 0.6) is 0 Å². The van der Waals surface area contributed by atoms with Gasteiger partial charge in [0.1, 0.15) is 11.9 Å². The molecular weight excluding hydrogens is 250 g/mol. The number of amidine groups is 1. The fraction of sp³-hybridized carbons (Fsp3) is 0.500. The molecule has 4 heteroatoms. The second-order valence-electron chi connectivity index (χ2n) is 6.20. The van der Waals surface area contributed by atoms with E-state index in [4.69, 9.17) is 5.73 Å². The number of benzene rings is 1. The monoisotopic (exact) mass is 271 g/mol. The summed E-state index contributed by atoms with van der Waals surface area (Å²) in [7, 11) is 0. The standard InChI is InChI=1S/C16H21N3O/c1-10(2)9-11-3-5-12(6-4-11)14-15(17)18-16(20)19(14)13-7-8-13/h3-6,10,13-14H,7-9H2,1-2H3,(H2,17,18,20). The first-order valence-electron chi connectivity index (χ1n) is 7.31. The molecule has 1 fully saturated rings. The first kappa shape index (κ1) is 13.2. The van der Waals surface area contributed by atoms with Crippen LogP contribution in [0.3, 0.4) is 0 Å². The molecule has 1 aliphatic heterocycles. The van der Waals surface area contributed by atoms with Gasteiger partial charge in [-0.1, -0.05) is 38.1 Å². The van der Waals surface area contributed by atoms with Crippen molar-refractivity contribution in [3.63, 3.8) is 0 Å². The SMILES string of the molecule is CC(C)Cc1ccc(C2C(N)=NC(=O)N2C2CC2)cc1. The Hall–Kier alpha value is -1.84. The van der Waals surface area contributed by atoms with Crippen LogP contribution >= 0.6 is 0 Å². The Labute approximate surface area is 119 Å². The van der Waals surface area contributed by atoms with Gasteiger partial charge in [-0.25, -0.2) is 4.79 Å². The summed E-state index contributed by atoms with van der Waals surface area (Å²) in [5, 5.41) is 0. The summed E-state index contributed by atoms with van der Waals surface area (Å²) in [6.45, 7) is 4.42. The van der Waals surface area contributed by atoms with Crippen LogP contribution in [0.4, 0.5) is 4.79 Å². The molecule has 0 bridgehead atoms. The normalized spacial score (nSPS) is 22.6. The summed E-state index contributed by atoms with van der Waals surface area (Å²) in [5.74, 6) is 1.07. The molecule has 0 spiro atoms. The van der Waals surface area contributed by atoms with E-state index in [1.54, 1.807) is 0 Å². The van der Waals surface area contributed by atoms with E-state index in [0.717, 1.165) is 24.8 Å². The van der Waals surface area contributed by atoms with Gasteiger partial charge in [-0.15, -0.1) is 0 Å². The number of aliphatic imine (C=N–C) groups is 1. The second kappa shape index (κ2) is 4.93. The third kappa shape index (κ3) is 2.42.